The third kappa shape index (κ3) is 6.85. The molecule has 5 nitrogen and oxygen atoms in total. The highest BCUT2D eigenvalue weighted by Gasteiger charge is 2.15. The largest absolute Gasteiger partial charge is 0.393 e. The van der Waals surface area contributed by atoms with Gasteiger partial charge in [-0.1, -0.05) is 30.4 Å². The number of carbonyl (C=O) groups is 2. The standard InChI is InChI=1S/C15H21N3O2S/c1-12(19)17-9-5-10-18(11-8-14(16)21)15(20)13-6-3-2-4-7-13/h2-4,6-7H,5,8-11H2,1H3,(H2,16,21)(H,17,19). The number of carbonyl (C=O) groups excluding carboxylic acids is 2. The zero-order valence-corrected chi connectivity index (χ0v) is 13.0. The van der Waals surface area contributed by atoms with Gasteiger partial charge in [-0.2, -0.15) is 0 Å². The van der Waals surface area contributed by atoms with Gasteiger partial charge in [0.2, 0.25) is 5.91 Å². The second-order valence-corrected chi connectivity index (χ2v) is 5.24. The molecule has 0 unspecified atom stereocenters. The zero-order valence-electron chi connectivity index (χ0n) is 12.2. The van der Waals surface area contributed by atoms with Gasteiger partial charge in [0, 0.05) is 38.5 Å². The summed E-state index contributed by atoms with van der Waals surface area (Å²) in [5.74, 6) is -0.117. The van der Waals surface area contributed by atoms with Crippen molar-refractivity contribution in [2.45, 2.75) is 19.8 Å². The lowest BCUT2D eigenvalue weighted by Gasteiger charge is -2.22. The highest BCUT2D eigenvalue weighted by Crippen LogP contribution is 2.06. The summed E-state index contributed by atoms with van der Waals surface area (Å²) in [7, 11) is 0. The fourth-order valence-electron chi connectivity index (χ4n) is 1.86. The molecule has 3 N–H and O–H groups in total. The molecule has 1 aromatic carbocycles. The number of thiocarbonyl (C=S) groups is 1. The molecular weight excluding hydrogens is 286 g/mol. The first-order valence-corrected chi connectivity index (χ1v) is 7.28. The van der Waals surface area contributed by atoms with E-state index in [9.17, 15) is 9.59 Å². The number of nitrogens with zero attached hydrogens (tertiary/aromatic N) is 1. The number of benzene rings is 1. The summed E-state index contributed by atoms with van der Waals surface area (Å²) in [5, 5.41) is 2.72. The highest BCUT2D eigenvalue weighted by molar-refractivity contribution is 7.80. The van der Waals surface area contributed by atoms with Gasteiger partial charge in [-0.15, -0.1) is 0 Å². The number of amides is 2. The van der Waals surface area contributed by atoms with Gasteiger partial charge >= 0.3 is 0 Å². The van der Waals surface area contributed by atoms with Crippen molar-refractivity contribution in [2.24, 2.45) is 5.73 Å². The molecule has 0 bridgehead atoms. The van der Waals surface area contributed by atoms with Gasteiger partial charge in [-0.25, -0.2) is 0 Å². The molecular formula is C15H21N3O2S. The number of nitrogens with two attached hydrogens (primary N) is 1. The Morgan fingerprint density at radius 1 is 1.24 bits per heavy atom. The molecule has 0 aliphatic heterocycles. The Morgan fingerprint density at radius 3 is 2.48 bits per heavy atom. The third-order valence-electron chi connectivity index (χ3n) is 2.91. The van der Waals surface area contributed by atoms with Crippen LogP contribution in [0.15, 0.2) is 30.3 Å². The van der Waals surface area contributed by atoms with Crippen LogP contribution < -0.4 is 11.1 Å². The first-order chi connectivity index (χ1) is 10.0. The average molecular weight is 307 g/mol. The molecule has 0 saturated carbocycles. The molecule has 0 aliphatic carbocycles. The van der Waals surface area contributed by atoms with Crippen molar-refractivity contribution in [3.63, 3.8) is 0 Å². The van der Waals surface area contributed by atoms with Crippen molar-refractivity contribution < 1.29 is 9.59 Å². The Kier molecular flexibility index (Phi) is 7.39. The summed E-state index contributed by atoms with van der Waals surface area (Å²) in [6.07, 6.45) is 1.18. The maximum Gasteiger partial charge on any atom is 0.253 e. The molecule has 0 aliphatic rings. The highest BCUT2D eigenvalue weighted by atomic mass is 32.1. The van der Waals surface area contributed by atoms with Gasteiger partial charge in [0.25, 0.3) is 5.91 Å². The van der Waals surface area contributed by atoms with Crippen molar-refractivity contribution in [1.29, 1.82) is 0 Å². The minimum atomic E-state index is -0.0703. The van der Waals surface area contributed by atoms with Crippen molar-refractivity contribution >= 4 is 29.0 Å². The Morgan fingerprint density at radius 2 is 1.90 bits per heavy atom. The fourth-order valence-corrected chi connectivity index (χ4v) is 1.95. The fraction of sp³-hybridized carbons (Fsp3) is 0.400. The van der Waals surface area contributed by atoms with E-state index in [1.807, 2.05) is 18.2 Å². The monoisotopic (exact) mass is 307 g/mol. The quantitative estimate of drug-likeness (QED) is 0.561. The van der Waals surface area contributed by atoms with E-state index in [1.165, 1.54) is 6.92 Å². The first kappa shape index (κ1) is 17.1. The second kappa shape index (κ2) is 9.07. The summed E-state index contributed by atoms with van der Waals surface area (Å²) in [4.78, 5) is 25.4. The van der Waals surface area contributed by atoms with E-state index in [4.69, 9.17) is 18.0 Å². The van der Waals surface area contributed by atoms with Gasteiger partial charge in [-0.05, 0) is 18.6 Å². The smallest absolute Gasteiger partial charge is 0.253 e. The molecule has 0 atom stereocenters. The van der Waals surface area contributed by atoms with Crippen molar-refractivity contribution in [3.05, 3.63) is 35.9 Å². The van der Waals surface area contributed by atoms with Crippen LogP contribution in [0.5, 0.6) is 0 Å². The van der Waals surface area contributed by atoms with E-state index in [2.05, 4.69) is 5.32 Å². The van der Waals surface area contributed by atoms with Crippen molar-refractivity contribution in [1.82, 2.24) is 10.2 Å². The van der Waals surface area contributed by atoms with Crippen LogP contribution in [-0.4, -0.2) is 41.3 Å². The van der Waals surface area contributed by atoms with Crippen LogP contribution in [-0.2, 0) is 4.79 Å². The number of hydrogen-bond acceptors (Lipinski definition) is 3. The summed E-state index contributed by atoms with van der Waals surface area (Å²) in [6, 6.07) is 9.09. The van der Waals surface area contributed by atoms with Crippen LogP contribution >= 0.6 is 12.2 Å². The number of hydrogen-bond donors (Lipinski definition) is 2. The van der Waals surface area contributed by atoms with Crippen molar-refractivity contribution in [2.75, 3.05) is 19.6 Å². The predicted octanol–water partition coefficient (Wildman–Crippen LogP) is 1.33. The minimum Gasteiger partial charge on any atom is -0.393 e. The summed E-state index contributed by atoms with van der Waals surface area (Å²) < 4.78 is 0. The molecule has 21 heavy (non-hydrogen) atoms. The maximum atomic E-state index is 12.4. The first-order valence-electron chi connectivity index (χ1n) is 6.87. The Bertz CT molecular complexity index is 491. The topological polar surface area (TPSA) is 75.4 Å². The van der Waals surface area contributed by atoms with Gasteiger partial charge in [0.1, 0.15) is 0 Å². The molecule has 1 rings (SSSR count). The Labute approximate surface area is 130 Å². The van der Waals surface area contributed by atoms with E-state index in [-0.39, 0.29) is 11.8 Å². The number of rotatable bonds is 8. The van der Waals surface area contributed by atoms with E-state index in [1.54, 1.807) is 17.0 Å². The average Bonchev–Trinajstić information content (AvgIpc) is 2.46. The molecule has 0 spiro atoms. The van der Waals surface area contributed by atoms with Crippen LogP contribution in [0.1, 0.15) is 30.1 Å². The molecule has 1 aromatic rings. The van der Waals surface area contributed by atoms with Crippen LogP contribution in [0.25, 0.3) is 0 Å². The third-order valence-corrected chi connectivity index (χ3v) is 3.12. The lowest BCUT2D eigenvalue weighted by molar-refractivity contribution is -0.118. The normalized spacial score (nSPS) is 9.95. The van der Waals surface area contributed by atoms with Gasteiger partial charge in [-0.3, -0.25) is 9.59 Å². The lowest BCUT2D eigenvalue weighted by Crippen LogP contribution is -2.36. The van der Waals surface area contributed by atoms with E-state index in [0.29, 0.717) is 43.0 Å². The zero-order chi connectivity index (χ0) is 15.7. The Balaban J connectivity index is 2.60. The van der Waals surface area contributed by atoms with E-state index < -0.39 is 0 Å². The molecule has 114 valence electrons. The Hall–Kier alpha value is -1.95. The molecule has 0 aromatic heterocycles. The van der Waals surface area contributed by atoms with Crippen LogP contribution in [0, 0.1) is 0 Å². The summed E-state index contributed by atoms with van der Waals surface area (Å²) >= 11 is 4.87. The predicted molar refractivity (Wildman–Crippen MR) is 87.0 cm³/mol. The van der Waals surface area contributed by atoms with Gasteiger partial charge in [0.15, 0.2) is 0 Å². The molecule has 6 heteroatoms. The number of nitrogens with one attached hydrogen (secondary N) is 1. The summed E-state index contributed by atoms with van der Waals surface area (Å²) in [5.41, 5.74) is 6.15. The van der Waals surface area contributed by atoms with Crippen LogP contribution in [0.2, 0.25) is 0 Å². The molecule has 0 fully saturated rings. The molecule has 0 radical (unpaired) electrons. The van der Waals surface area contributed by atoms with Crippen LogP contribution in [0.4, 0.5) is 0 Å². The van der Waals surface area contributed by atoms with Gasteiger partial charge < -0.3 is 16.0 Å². The van der Waals surface area contributed by atoms with E-state index >= 15 is 0 Å². The van der Waals surface area contributed by atoms with E-state index in [0.717, 1.165) is 0 Å². The summed E-state index contributed by atoms with van der Waals surface area (Å²) in [6.45, 7) is 3.06. The molecule has 2 amide bonds. The van der Waals surface area contributed by atoms with Gasteiger partial charge in [0.05, 0.1) is 4.99 Å². The second-order valence-electron chi connectivity index (χ2n) is 4.71. The molecule has 0 heterocycles. The SMILES string of the molecule is CC(=O)NCCCN(CCC(N)=S)C(=O)c1ccccc1. The lowest BCUT2D eigenvalue weighted by atomic mass is 10.2. The maximum absolute atomic E-state index is 12.4. The molecule has 0 saturated heterocycles. The van der Waals surface area contributed by atoms with Crippen LogP contribution in [0.3, 0.4) is 0 Å². The minimum absolute atomic E-state index is 0.0466. The van der Waals surface area contributed by atoms with Crippen molar-refractivity contribution in [3.8, 4) is 0 Å².